The number of hydrogen-bond acceptors (Lipinski definition) is 8. The van der Waals surface area contributed by atoms with Gasteiger partial charge in [-0.3, -0.25) is 14.5 Å². The minimum absolute atomic E-state index is 0.000810. The standard InChI is InChI=1S/C30H34N4O7S/c1-34(2,16-24(31)35)15-7-10-22-19-42-28-25(32-30(38)41-18-20-8-5-4-6-9-20)27(36)33(28)26(22)29(37)40-17-21-11-13-23(39-3)14-12-21/h4-14,25,28H,15-19H2,1-3H3,(H2-,31,32,35,38)/p+1/b10-7+/t25-,28-/m1/s1. The summed E-state index contributed by atoms with van der Waals surface area (Å²) < 4.78 is 16.4. The van der Waals surface area contributed by atoms with E-state index < -0.39 is 35.3 Å². The van der Waals surface area contributed by atoms with Gasteiger partial charge in [0.2, 0.25) is 0 Å². The molecular weight excluding hydrogens is 560 g/mol. The number of hydrogen-bond donors (Lipinski definition) is 2. The van der Waals surface area contributed by atoms with Crippen molar-refractivity contribution in [3.8, 4) is 5.75 Å². The summed E-state index contributed by atoms with van der Waals surface area (Å²) in [6, 6.07) is 15.5. The van der Waals surface area contributed by atoms with Gasteiger partial charge in [0.05, 0.1) is 27.7 Å². The number of nitrogens with one attached hydrogen (secondary N) is 1. The number of ether oxygens (including phenoxy) is 3. The molecule has 2 aromatic carbocycles. The lowest BCUT2D eigenvalue weighted by molar-refractivity contribution is -0.876. The normalized spacial score (nSPS) is 18.3. The lowest BCUT2D eigenvalue weighted by Gasteiger charge is -2.49. The third kappa shape index (κ3) is 7.71. The molecule has 2 heterocycles. The predicted molar refractivity (Wildman–Crippen MR) is 157 cm³/mol. The second-order valence-electron chi connectivity index (χ2n) is 10.5. The van der Waals surface area contributed by atoms with Crippen LogP contribution in [0.25, 0.3) is 0 Å². The van der Waals surface area contributed by atoms with Gasteiger partial charge in [0.1, 0.15) is 36.1 Å². The molecule has 2 aliphatic rings. The van der Waals surface area contributed by atoms with Crippen LogP contribution in [0.2, 0.25) is 0 Å². The van der Waals surface area contributed by atoms with Crippen LogP contribution in [-0.2, 0) is 37.1 Å². The summed E-state index contributed by atoms with van der Waals surface area (Å²) in [6.45, 7) is 0.687. The van der Waals surface area contributed by atoms with Gasteiger partial charge in [-0.2, -0.15) is 0 Å². The molecule has 11 nitrogen and oxygen atoms in total. The number of thioether (sulfide) groups is 1. The molecule has 4 rings (SSSR count). The van der Waals surface area contributed by atoms with E-state index >= 15 is 0 Å². The van der Waals surface area contributed by atoms with Crippen LogP contribution in [0, 0.1) is 0 Å². The molecule has 12 heteroatoms. The Hall–Kier alpha value is -4.29. The van der Waals surface area contributed by atoms with Crippen molar-refractivity contribution in [2.45, 2.75) is 24.6 Å². The highest BCUT2D eigenvalue weighted by atomic mass is 32.2. The number of benzene rings is 2. The van der Waals surface area contributed by atoms with Crippen molar-refractivity contribution in [1.82, 2.24) is 10.2 Å². The molecule has 0 aliphatic carbocycles. The molecule has 0 saturated carbocycles. The fourth-order valence-electron chi connectivity index (χ4n) is 4.56. The van der Waals surface area contributed by atoms with Crippen LogP contribution in [0.15, 0.2) is 78.0 Å². The highest BCUT2D eigenvalue weighted by molar-refractivity contribution is 8.00. The summed E-state index contributed by atoms with van der Waals surface area (Å²) in [5.41, 5.74) is 7.67. The molecule has 0 radical (unpaired) electrons. The molecule has 0 aromatic heterocycles. The molecule has 1 fully saturated rings. The van der Waals surface area contributed by atoms with Crippen LogP contribution >= 0.6 is 11.8 Å². The first-order valence-corrected chi connectivity index (χ1v) is 14.3. The van der Waals surface area contributed by atoms with Crippen molar-refractivity contribution < 1.29 is 37.9 Å². The van der Waals surface area contributed by atoms with Crippen LogP contribution in [-0.4, -0.2) is 84.7 Å². The summed E-state index contributed by atoms with van der Waals surface area (Å²) in [7, 11) is 5.30. The molecule has 2 aliphatic heterocycles. The number of alkyl carbamates (subject to hydrolysis) is 1. The minimum Gasteiger partial charge on any atom is -0.497 e. The summed E-state index contributed by atoms with van der Waals surface area (Å²) in [6.07, 6.45) is 2.90. The first kappa shape index (κ1) is 30.7. The average Bonchev–Trinajstić information content (AvgIpc) is 2.97. The monoisotopic (exact) mass is 595 g/mol. The van der Waals surface area contributed by atoms with Gasteiger partial charge in [-0.05, 0) is 34.9 Å². The number of carbonyl (C=O) groups excluding carboxylic acids is 4. The second kappa shape index (κ2) is 13.6. The number of rotatable bonds is 12. The van der Waals surface area contributed by atoms with Gasteiger partial charge in [-0.1, -0.05) is 48.5 Å². The molecule has 1 saturated heterocycles. The maximum atomic E-state index is 13.4. The van der Waals surface area contributed by atoms with Gasteiger partial charge in [0.15, 0.2) is 6.54 Å². The van der Waals surface area contributed by atoms with Crippen LogP contribution in [0.4, 0.5) is 4.79 Å². The molecule has 42 heavy (non-hydrogen) atoms. The van der Waals surface area contributed by atoms with E-state index in [9.17, 15) is 19.2 Å². The number of fused-ring (bicyclic) bond motifs is 1. The Balaban J connectivity index is 1.48. The van der Waals surface area contributed by atoms with Gasteiger partial charge in [-0.25, -0.2) is 9.59 Å². The van der Waals surface area contributed by atoms with E-state index in [0.29, 0.717) is 28.1 Å². The molecule has 0 unspecified atom stereocenters. The largest absolute Gasteiger partial charge is 0.497 e. The number of likely N-dealkylation sites (N-methyl/N-ethyl adjacent to an activating group) is 1. The van der Waals surface area contributed by atoms with Crippen molar-refractivity contribution in [3.63, 3.8) is 0 Å². The van der Waals surface area contributed by atoms with E-state index in [1.165, 1.54) is 16.7 Å². The molecule has 0 bridgehead atoms. The minimum atomic E-state index is -0.848. The Morgan fingerprint density at radius 2 is 1.71 bits per heavy atom. The highest BCUT2D eigenvalue weighted by Gasteiger charge is 2.54. The SMILES string of the molecule is COc1ccc(COC(=O)C2=C(/C=C/C[N+](C)(C)CC(N)=O)CS[C@@H]3[C@H](NC(=O)OCc4ccccc4)C(=O)N23)cc1. The van der Waals surface area contributed by atoms with Crippen molar-refractivity contribution in [2.24, 2.45) is 5.73 Å². The topological polar surface area (TPSA) is 137 Å². The van der Waals surface area contributed by atoms with E-state index in [4.69, 9.17) is 19.9 Å². The lowest BCUT2D eigenvalue weighted by Crippen LogP contribution is -2.70. The Labute approximate surface area is 248 Å². The van der Waals surface area contributed by atoms with E-state index in [-0.39, 0.29) is 25.5 Å². The van der Waals surface area contributed by atoms with Gasteiger partial charge < -0.3 is 29.7 Å². The van der Waals surface area contributed by atoms with Crippen molar-refractivity contribution in [2.75, 3.05) is 40.0 Å². The van der Waals surface area contributed by atoms with E-state index in [0.717, 1.165) is 11.1 Å². The van der Waals surface area contributed by atoms with Crippen molar-refractivity contribution in [3.05, 3.63) is 89.1 Å². The number of primary amides is 1. The number of allylic oxidation sites excluding steroid dienone is 1. The summed E-state index contributed by atoms with van der Waals surface area (Å²) in [5.74, 6) is -0.426. The van der Waals surface area contributed by atoms with Crippen LogP contribution in [0.1, 0.15) is 11.1 Å². The predicted octanol–water partition coefficient (Wildman–Crippen LogP) is 2.32. The molecule has 3 N–H and O–H groups in total. The van der Waals surface area contributed by atoms with E-state index in [1.54, 1.807) is 37.5 Å². The van der Waals surface area contributed by atoms with Crippen LogP contribution < -0.4 is 15.8 Å². The molecule has 0 spiro atoms. The molecule has 222 valence electrons. The fourth-order valence-corrected chi connectivity index (χ4v) is 5.88. The molecule has 2 aromatic rings. The van der Waals surface area contributed by atoms with Gasteiger partial charge in [0.25, 0.3) is 11.8 Å². The number of nitrogens with two attached hydrogens (primary N) is 1. The lowest BCUT2D eigenvalue weighted by atomic mass is 10.0. The molecular formula is C30H35N4O7S+. The Bertz CT molecular complexity index is 1380. The summed E-state index contributed by atoms with van der Waals surface area (Å²) in [4.78, 5) is 51.9. The third-order valence-electron chi connectivity index (χ3n) is 6.71. The number of carbonyl (C=O) groups is 4. The maximum absolute atomic E-state index is 13.4. The second-order valence-corrected chi connectivity index (χ2v) is 11.6. The van der Waals surface area contributed by atoms with Gasteiger partial charge in [0, 0.05) is 5.75 Å². The summed E-state index contributed by atoms with van der Waals surface area (Å²) >= 11 is 1.42. The summed E-state index contributed by atoms with van der Waals surface area (Å²) in [5, 5.41) is 2.14. The van der Waals surface area contributed by atoms with Gasteiger partial charge >= 0.3 is 12.1 Å². The first-order chi connectivity index (χ1) is 20.1. The van der Waals surface area contributed by atoms with E-state index in [1.807, 2.05) is 50.5 Å². The van der Waals surface area contributed by atoms with Crippen LogP contribution in [0.3, 0.4) is 0 Å². The first-order valence-electron chi connectivity index (χ1n) is 13.3. The Morgan fingerprint density at radius 1 is 1.05 bits per heavy atom. The zero-order valence-electron chi connectivity index (χ0n) is 23.8. The zero-order valence-corrected chi connectivity index (χ0v) is 24.6. The third-order valence-corrected chi connectivity index (χ3v) is 8.01. The highest BCUT2D eigenvalue weighted by Crippen LogP contribution is 2.41. The van der Waals surface area contributed by atoms with Gasteiger partial charge in [-0.15, -0.1) is 11.8 Å². The number of esters is 1. The quantitative estimate of drug-likeness (QED) is 0.217. The van der Waals surface area contributed by atoms with Crippen LogP contribution in [0.5, 0.6) is 5.75 Å². The number of nitrogens with zero attached hydrogens (tertiary/aromatic N) is 2. The average molecular weight is 596 g/mol. The fraction of sp³-hybridized carbons (Fsp3) is 0.333. The van der Waals surface area contributed by atoms with Crippen molar-refractivity contribution in [1.29, 1.82) is 0 Å². The Morgan fingerprint density at radius 3 is 2.38 bits per heavy atom. The maximum Gasteiger partial charge on any atom is 0.408 e. The number of amides is 3. The Kier molecular flexibility index (Phi) is 9.92. The number of quaternary nitrogens is 1. The smallest absolute Gasteiger partial charge is 0.408 e. The number of β-lactam (4-membered cyclic amide) rings is 1. The molecule has 3 amide bonds. The van der Waals surface area contributed by atoms with E-state index in [2.05, 4.69) is 5.32 Å². The zero-order chi connectivity index (χ0) is 30.3. The van der Waals surface area contributed by atoms with Crippen molar-refractivity contribution >= 4 is 35.6 Å². The number of methoxy groups -OCH3 is 1. The molecule has 2 atom stereocenters.